The summed E-state index contributed by atoms with van der Waals surface area (Å²) in [5.41, 5.74) is 0.319. The maximum absolute atomic E-state index is 8.79. The van der Waals surface area contributed by atoms with E-state index >= 15 is 0 Å². The molecule has 0 unspecified atom stereocenters. The third kappa shape index (κ3) is 2.82. The van der Waals surface area contributed by atoms with Gasteiger partial charge < -0.3 is 4.74 Å². The Hall–Kier alpha value is -1.41. The van der Waals surface area contributed by atoms with Crippen LogP contribution >= 0.6 is 15.9 Å². The van der Waals surface area contributed by atoms with Crippen molar-refractivity contribution in [2.45, 2.75) is 6.92 Å². The van der Waals surface area contributed by atoms with Gasteiger partial charge in [0.1, 0.15) is 17.9 Å². The minimum atomic E-state index is 0.319. The molecule has 0 bridgehead atoms. The van der Waals surface area contributed by atoms with E-state index in [1.165, 1.54) is 6.26 Å². The Labute approximate surface area is 90.4 Å². The largest absolute Gasteiger partial charge is 0.500 e. The fourth-order valence-corrected chi connectivity index (χ4v) is 0.952. The number of ether oxygens (including phenoxy) is 1. The zero-order valence-corrected chi connectivity index (χ0v) is 9.15. The van der Waals surface area contributed by atoms with Crippen LogP contribution in [-0.4, -0.2) is 16.6 Å². The Kier molecular flexibility index (Phi) is 4.08. The number of hydrogen-bond acceptors (Lipinski definition) is 4. The minimum absolute atomic E-state index is 0.319. The molecule has 0 saturated carbocycles. The second-order valence-corrected chi connectivity index (χ2v) is 3.24. The summed E-state index contributed by atoms with van der Waals surface area (Å²) in [6.45, 7) is 2.36. The van der Waals surface area contributed by atoms with Crippen molar-refractivity contribution in [2.75, 3.05) is 6.61 Å². The average molecular weight is 254 g/mol. The van der Waals surface area contributed by atoms with Crippen LogP contribution < -0.4 is 0 Å². The Balaban J connectivity index is 2.91. The SMILES string of the molecule is CCOC=C(C#N)c1ncc(Br)cn1. The maximum atomic E-state index is 8.79. The monoisotopic (exact) mass is 253 g/mol. The van der Waals surface area contributed by atoms with Crippen molar-refractivity contribution in [2.24, 2.45) is 0 Å². The maximum Gasteiger partial charge on any atom is 0.173 e. The van der Waals surface area contributed by atoms with Gasteiger partial charge in [-0.3, -0.25) is 0 Å². The van der Waals surface area contributed by atoms with E-state index in [2.05, 4.69) is 25.9 Å². The number of allylic oxidation sites excluding steroid dienone is 1. The first-order chi connectivity index (χ1) is 6.77. The third-order valence-electron chi connectivity index (χ3n) is 1.35. The molecule has 0 fully saturated rings. The van der Waals surface area contributed by atoms with E-state index in [-0.39, 0.29) is 0 Å². The highest BCUT2D eigenvalue weighted by atomic mass is 79.9. The molecule has 0 N–H and O–H groups in total. The minimum Gasteiger partial charge on any atom is -0.500 e. The summed E-state index contributed by atoms with van der Waals surface area (Å²) in [4.78, 5) is 7.95. The Morgan fingerprint density at radius 3 is 2.79 bits per heavy atom. The van der Waals surface area contributed by atoms with Crippen molar-refractivity contribution in [3.05, 3.63) is 29.0 Å². The number of halogens is 1. The van der Waals surface area contributed by atoms with Crippen molar-refractivity contribution in [3.8, 4) is 6.07 Å². The first kappa shape index (κ1) is 10.7. The van der Waals surface area contributed by atoms with Crippen LogP contribution in [0, 0.1) is 11.3 Å². The molecule has 0 aliphatic carbocycles. The summed E-state index contributed by atoms with van der Waals surface area (Å²) >= 11 is 3.21. The number of hydrogen-bond donors (Lipinski definition) is 0. The molecular formula is C9H8BrN3O. The molecule has 4 nitrogen and oxygen atoms in total. The first-order valence-corrected chi connectivity index (χ1v) is 4.77. The molecule has 0 aliphatic heterocycles. The van der Waals surface area contributed by atoms with E-state index in [0.717, 1.165) is 4.47 Å². The summed E-state index contributed by atoms with van der Waals surface area (Å²) in [7, 11) is 0. The topological polar surface area (TPSA) is 58.8 Å². The van der Waals surface area contributed by atoms with E-state index in [0.29, 0.717) is 18.0 Å². The van der Waals surface area contributed by atoms with Crippen molar-refractivity contribution in [1.29, 1.82) is 5.26 Å². The highest BCUT2D eigenvalue weighted by Gasteiger charge is 2.03. The van der Waals surface area contributed by atoms with Gasteiger partial charge in [0.25, 0.3) is 0 Å². The molecule has 5 heteroatoms. The molecule has 0 radical (unpaired) electrons. The van der Waals surface area contributed by atoms with E-state index < -0.39 is 0 Å². The smallest absolute Gasteiger partial charge is 0.173 e. The molecule has 0 atom stereocenters. The van der Waals surface area contributed by atoms with Gasteiger partial charge in [-0.1, -0.05) is 0 Å². The number of rotatable bonds is 3. The van der Waals surface area contributed by atoms with Crippen LogP contribution in [0.15, 0.2) is 23.1 Å². The standard InChI is InChI=1S/C9H8BrN3O/c1-2-14-6-7(3-11)9-12-4-8(10)5-13-9/h4-6H,2H2,1H3. The van der Waals surface area contributed by atoms with E-state index in [1.807, 2.05) is 13.0 Å². The fourth-order valence-electron chi connectivity index (χ4n) is 0.747. The summed E-state index contributed by atoms with van der Waals surface area (Å²) in [5.74, 6) is 0.365. The zero-order valence-electron chi connectivity index (χ0n) is 7.57. The van der Waals surface area contributed by atoms with E-state index in [1.54, 1.807) is 12.4 Å². The summed E-state index contributed by atoms with van der Waals surface area (Å²) in [6.07, 6.45) is 4.53. The predicted octanol–water partition coefficient (Wildman–Crippen LogP) is 2.14. The van der Waals surface area contributed by atoms with Gasteiger partial charge in [-0.25, -0.2) is 9.97 Å². The van der Waals surface area contributed by atoms with Crippen LogP contribution in [-0.2, 0) is 4.74 Å². The van der Waals surface area contributed by atoms with Crippen LogP contribution in [0.2, 0.25) is 0 Å². The van der Waals surface area contributed by atoms with Crippen LogP contribution in [0.4, 0.5) is 0 Å². The molecule has 1 aromatic rings. The highest BCUT2D eigenvalue weighted by molar-refractivity contribution is 9.10. The second-order valence-electron chi connectivity index (χ2n) is 2.32. The number of nitrogens with zero attached hydrogens (tertiary/aromatic N) is 3. The summed E-state index contributed by atoms with van der Waals surface area (Å²) in [6, 6.07) is 1.97. The van der Waals surface area contributed by atoms with Crippen molar-refractivity contribution in [1.82, 2.24) is 9.97 Å². The predicted molar refractivity (Wildman–Crippen MR) is 54.9 cm³/mol. The molecule has 1 rings (SSSR count). The van der Waals surface area contributed by atoms with E-state index in [4.69, 9.17) is 10.00 Å². The van der Waals surface area contributed by atoms with Gasteiger partial charge in [0, 0.05) is 12.4 Å². The molecular weight excluding hydrogens is 246 g/mol. The Morgan fingerprint density at radius 1 is 1.64 bits per heavy atom. The van der Waals surface area contributed by atoms with Crippen molar-refractivity contribution >= 4 is 21.5 Å². The van der Waals surface area contributed by atoms with Crippen molar-refractivity contribution in [3.63, 3.8) is 0 Å². The number of aromatic nitrogens is 2. The molecule has 0 spiro atoms. The van der Waals surface area contributed by atoms with Crippen LogP contribution in [0.5, 0.6) is 0 Å². The molecule has 1 aromatic heterocycles. The lowest BCUT2D eigenvalue weighted by Gasteiger charge is -1.97. The van der Waals surface area contributed by atoms with Crippen LogP contribution in [0.1, 0.15) is 12.7 Å². The summed E-state index contributed by atoms with van der Waals surface area (Å²) in [5, 5.41) is 8.79. The fraction of sp³-hybridized carbons (Fsp3) is 0.222. The molecule has 0 saturated heterocycles. The highest BCUT2D eigenvalue weighted by Crippen LogP contribution is 2.10. The van der Waals surface area contributed by atoms with Crippen LogP contribution in [0.3, 0.4) is 0 Å². The van der Waals surface area contributed by atoms with Gasteiger partial charge in [0.05, 0.1) is 11.1 Å². The molecule has 72 valence electrons. The lowest BCUT2D eigenvalue weighted by Crippen LogP contribution is -1.92. The lowest BCUT2D eigenvalue weighted by molar-refractivity contribution is 0.271. The third-order valence-corrected chi connectivity index (χ3v) is 1.76. The molecule has 0 aromatic carbocycles. The summed E-state index contributed by atoms with van der Waals surface area (Å²) < 4.78 is 5.77. The Bertz CT molecular complexity index is 367. The molecule has 0 amide bonds. The van der Waals surface area contributed by atoms with Gasteiger partial charge in [0.15, 0.2) is 5.82 Å². The molecule has 14 heavy (non-hydrogen) atoms. The van der Waals surface area contributed by atoms with Gasteiger partial charge >= 0.3 is 0 Å². The quantitative estimate of drug-likeness (QED) is 0.612. The Morgan fingerprint density at radius 2 is 2.29 bits per heavy atom. The normalized spacial score (nSPS) is 10.8. The molecule has 1 heterocycles. The van der Waals surface area contributed by atoms with Gasteiger partial charge in [-0.2, -0.15) is 5.26 Å². The second kappa shape index (κ2) is 5.35. The van der Waals surface area contributed by atoms with Gasteiger partial charge in [-0.05, 0) is 22.9 Å². The molecule has 0 aliphatic rings. The van der Waals surface area contributed by atoms with Crippen LogP contribution in [0.25, 0.3) is 5.57 Å². The van der Waals surface area contributed by atoms with Gasteiger partial charge in [0.2, 0.25) is 0 Å². The lowest BCUT2D eigenvalue weighted by atomic mass is 10.3. The number of nitriles is 1. The van der Waals surface area contributed by atoms with E-state index in [9.17, 15) is 0 Å². The first-order valence-electron chi connectivity index (χ1n) is 3.97. The van der Waals surface area contributed by atoms with Crippen molar-refractivity contribution < 1.29 is 4.74 Å². The average Bonchev–Trinajstić information content (AvgIpc) is 2.21. The van der Waals surface area contributed by atoms with Gasteiger partial charge in [-0.15, -0.1) is 0 Å². The zero-order chi connectivity index (χ0) is 10.4.